The molecule has 0 saturated heterocycles. The summed E-state index contributed by atoms with van der Waals surface area (Å²) < 4.78 is 4.87. The molecule has 20 heavy (non-hydrogen) atoms. The average Bonchev–Trinajstić information content (AvgIpc) is 2.90. The van der Waals surface area contributed by atoms with Crippen molar-refractivity contribution < 1.29 is 9.32 Å². The molecule has 104 valence electrons. The second-order valence-electron chi connectivity index (χ2n) is 4.78. The minimum atomic E-state index is -0.312. The van der Waals surface area contributed by atoms with E-state index < -0.39 is 0 Å². The van der Waals surface area contributed by atoms with Crippen LogP contribution in [0.2, 0.25) is 0 Å². The zero-order chi connectivity index (χ0) is 13.9. The van der Waals surface area contributed by atoms with Crippen molar-refractivity contribution in [1.29, 1.82) is 0 Å². The van der Waals surface area contributed by atoms with Gasteiger partial charge in [0.2, 0.25) is 11.8 Å². The van der Waals surface area contributed by atoms with Crippen molar-refractivity contribution in [2.75, 3.05) is 6.54 Å². The van der Waals surface area contributed by atoms with Gasteiger partial charge in [0.25, 0.3) is 0 Å². The Bertz CT molecular complexity index is 623. The van der Waals surface area contributed by atoms with E-state index in [1.807, 2.05) is 18.2 Å². The number of nitrogens with one attached hydrogen (secondary N) is 2. The number of carbonyl (C=O) groups is 1. The van der Waals surface area contributed by atoms with Crippen LogP contribution in [-0.2, 0) is 17.8 Å². The number of fused-ring (bicyclic) bond motifs is 1. The zero-order valence-electron chi connectivity index (χ0n) is 11.2. The summed E-state index contributed by atoms with van der Waals surface area (Å²) >= 11 is 0. The van der Waals surface area contributed by atoms with E-state index in [0.29, 0.717) is 11.7 Å². The molecular formula is C14H16N4O2. The van der Waals surface area contributed by atoms with Gasteiger partial charge in [-0.25, -0.2) is 0 Å². The molecule has 1 aromatic carbocycles. The molecule has 2 aromatic rings. The van der Waals surface area contributed by atoms with Crippen LogP contribution >= 0.6 is 0 Å². The van der Waals surface area contributed by atoms with E-state index in [0.717, 1.165) is 18.5 Å². The summed E-state index contributed by atoms with van der Waals surface area (Å²) in [6, 6.07) is 7.70. The first kappa shape index (κ1) is 12.8. The number of aryl methyl sites for hydroxylation is 1. The molecule has 1 aliphatic heterocycles. The first-order chi connectivity index (χ1) is 9.74. The van der Waals surface area contributed by atoms with Crippen LogP contribution in [0.4, 0.5) is 0 Å². The quantitative estimate of drug-likeness (QED) is 0.867. The monoisotopic (exact) mass is 272 g/mol. The third-order valence-corrected chi connectivity index (χ3v) is 3.36. The fraction of sp³-hybridized carbons (Fsp3) is 0.357. The standard InChI is InChI=1S/C14H16N4O2/c1-9-17-12(18-20-9)8-16-14(19)13-11-5-3-2-4-10(11)6-7-15-13/h2-5,13,15H,6-8H2,1H3,(H,16,19). The Morgan fingerprint density at radius 2 is 2.35 bits per heavy atom. The third kappa shape index (κ3) is 2.55. The highest BCUT2D eigenvalue weighted by molar-refractivity contribution is 5.83. The van der Waals surface area contributed by atoms with E-state index in [-0.39, 0.29) is 18.5 Å². The fourth-order valence-electron chi connectivity index (χ4n) is 2.42. The van der Waals surface area contributed by atoms with E-state index in [4.69, 9.17) is 4.52 Å². The number of carbonyl (C=O) groups excluding carboxylic acids is 1. The van der Waals surface area contributed by atoms with Crippen molar-refractivity contribution >= 4 is 5.91 Å². The molecule has 0 saturated carbocycles. The number of benzene rings is 1. The molecule has 0 fully saturated rings. The van der Waals surface area contributed by atoms with Crippen molar-refractivity contribution in [3.05, 3.63) is 47.1 Å². The van der Waals surface area contributed by atoms with Gasteiger partial charge in [-0.15, -0.1) is 0 Å². The zero-order valence-corrected chi connectivity index (χ0v) is 11.2. The highest BCUT2D eigenvalue weighted by atomic mass is 16.5. The maximum Gasteiger partial charge on any atom is 0.242 e. The minimum Gasteiger partial charge on any atom is -0.347 e. The van der Waals surface area contributed by atoms with Crippen LogP contribution in [0.15, 0.2) is 28.8 Å². The van der Waals surface area contributed by atoms with Crippen LogP contribution in [0.1, 0.15) is 28.9 Å². The summed E-state index contributed by atoms with van der Waals surface area (Å²) in [6.07, 6.45) is 0.948. The molecule has 3 rings (SSSR count). The number of hydrogen-bond acceptors (Lipinski definition) is 5. The normalized spacial score (nSPS) is 17.6. The molecule has 1 aromatic heterocycles. The molecule has 0 radical (unpaired) electrons. The van der Waals surface area contributed by atoms with E-state index in [9.17, 15) is 4.79 Å². The predicted molar refractivity (Wildman–Crippen MR) is 71.8 cm³/mol. The van der Waals surface area contributed by atoms with Crippen LogP contribution < -0.4 is 10.6 Å². The van der Waals surface area contributed by atoms with Gasteiger partial charge in [0.05, 0.1) is 6.54 Å². The minimum absolute atomic E-state index is 0.0698. The molecule has 0 bridgehead atoms. The molecule has 1 aliphatic rings. The van der Waals surface area contributed by atoms with Crippen molar-refractivity contribution in [2.24, 2.45) is 0 Å². The maximum atomic E-state index is 12.3. The largest absolute Gasteiger partial charge is 0.347 e. The Morgan fingerprint density at radius 3 is 3.15 bits per heavy atom. The first-order valence-corrected chi connectivity index (χ1v) is 6.62. The maximum absolute atomic E-state index is 12.3. The summed E-state index contributed by atoms with van der Waals surface area (Å²) in [5.41, 5.74) is 2.27. The number of hydrogen-bond donors (Lipinski definition) is 2. The average molecular weight is 272 g/mol. The second kappa shape index (κ2) is 5.42. The predicted octanol–water partition coefficient (Wildman–Crippen LogP) is 0.881. The molecule has 1 atom stereocenters. The lowest BCUT2D eigenvalue weighted by atomic mass is 9.94. The molecule has 2 heterocycles. The number of rotatable bonds is 3. The van der Waals surface area contributed by atoms with Gasteiger partial charge in [-0.2, -0.15) is 4.98 Å². The Kier molecular flexibility index (Phi) is 3.47. The summed E-state index contributed by atoms with van der Waals surface area (Å²) in [5, 5.41) is 9.83. The Balaban J connectivity index is 1.69. The van der Waals surface area contributed by atoms with Gasteiger partial charge in [-0.05, 0) is 17.5 Å². The van der Waals surface area contributed by atoms with Crippen LogP contribution in [0, 0.1) is 6.92 Å². The van der Waals surface area contributed by atoms with Crippen molar-refractivity contribution in [3.8, 4) is 0 Å². The van der Waals surface area contributed by atoms with Crippen molar-refractivity contribution in [3.63, 3.8) is 0 Å². The van der Waals surface area contributed by atoms with Crippen molar-refractivity contribution in [1.82, 2.24) is 20.8 Å². The van der Waals surface area contributed by atoms with Crippen LogP contribution in [-0.4, -0.2) is 22.6 Å². The highest BCUT2D eigenvalue weighted by Gasteiger charge is 2.25. The number of aromatic nitrogens is 2. The Hall–Kier alpha value is -2.21. The molecule has 6 heteroatoms. The van der Waals surface area contributed by atoms with Gasteiger partial charge in [0, 0.05) is 13.5 Å². The summed E-state index contributed by atoms with van der Waals surface area (Å²) in [5.74, 6) is 0.912. The lowest BCUT2D eigenvalue weighted by molar-refractivity contribution is -0.123. The van der Waals surface area contributed by atoms with Gasteiger partial charge in [0.15, 0.2) is 5.82 Å². The molecule has 0 aliphatic carbocycles. The lowest BCUT2D eigenvalue weighted by Crippen LogP contribution is -2.41. The van der Waals surface area contributed by atoms with E-state index in [1.54, 1.807) is 6.92 Å². The Morgan fingerprint density at radius 1 is 1.50 bits per heavy atom. The summed E-state index contributed by atoms with van der Waals surface area (Å²) in [4.78, 5) is 16.3. The molecule has 2 N–H and O–H groups in total. The first-order valence-electron chi connectivity index (χ1n) is 6.62. The Labute approximate surface area is 116 Å². The highest BCUT2D eigenvalue weighted by Crippen LogP contribution is 2.22. The fourth-order valence-corrected chi connectivity index (χ4v) is 2.42. The van der Waals surface area contributed by atoms with E-state index >= 15 is 0 Å². The molecule has 1 amide bonds. The summed E-state index contributed by atoms with van der Waals surface area (Å²) in [7, 11) is 0. The van der Waals surface area contributed by atoms with Gasteiger partial charge in [0.1, 0.15) is 6.04 Å². The SMILES string of the molecule is Cc1nc(CNC(=O)C2NCCc3ccccc32)no1. The molecular weight excluding hydrogens is 256 g/mol. The smallest absolute Gasteiger partial charge is 0.242 e. The molecule has 1 unspecified atom stereocenters. The van der Waals surface area contributed by atoms with E-state index in [2.05, 4.69) is 26.8 Å². The van der Waals surface area contributed by atoms with Gasteiger partial charge in [-0.3, -0.25) is 4.79 Å². The van der Waals surface area contributed by atoms with Gasteiger partial charge in [-0.1, -0.05) is 29.4 Å². The lowest BCUT2D eigenvalue weighted by Gasteiger charge is -2.25. The molecule has 6 nitrogen and oxygen atoms in total. The van der Waals surface area contributed by atoms with Crippen LogP contribution in [0.25, 0.3) is 0 Å². The topological polar surface area (TPSA) is 80.0 Å². The van der Waals surface area contributed by atoms with Gasteiger partial charge < -0.3 is 15.2 Å². The summed E-state index contributed by atoms with van der Waals surface area (Å²) in [6.45, 7) is 2.80. The second-order valence-corrected chi connectivity index (χ2v) is 4.78. The molecule has 0 spiro atoms. The van der Waals surface area contributed by atoms with Crippen LogP contribution in [0.3, 0.4) is 0 Å². The van der Waals surface area contributed by atoms with Gasteiger partial charge >= 0.3 is 0 Å². The third-order valence-electron chi connectivity index (χ3n) is 3.36. The number of nitrogens with zero attached hydrogens (tertiary/aromatic N) is 2. The number of amides is 1. The van der Waals surface area contributed by atoms with Crippen LogP contribution in [0.5, 0.6) is 0 Å². The van der Waals surface area contributed by atoms with Crippen molar-refractivity contribution in [2.45, 2.75) is 25.9 Å². The van der Waals surface area contributed by atoms with E-state index in [1.165, 1.54) is 5.56 Å².